The van der Waals surface area contributed by atoms with Gasteiger partial charge in [0.2, 0.25) is 15.9 Å². The van der Waals surface area contributed by atoms with Gasteiger partial charge in [-0.15, -0.1) is 0 Å². The summed E-state index contributed by atoms with van der Waals surface area (Å²) < 4.78 is 41.2. The highest BCUT2D eigenvalue weighted by molar-refractivity contribution is 7.89. The lowest BCUT2D eigenvalue weighted by Crippen LogP contribution is -2.52. The number of halogens is 1. The van der Waals surface area contributed by atoms with Crippen molar-refractivity contribution in [3.63, 3.8) is 0 Å². The van der Waals surface area contributed by atoms with Gasteiger partial charge in [0.25, 0.3) is 0 Å². The van der Waals surface area contributed by atoms with Gasteiger partial charge in [-0.2, -0.15) is 4.31 Å². The highest BCUT2D eigenvalue weighted by atomic mass is 32.2. The van der Waals surface area contributed by atoms with E-state index in [1.54, 1.807) is 24.3 Å². The Labute approximate surface area is 189 Å². The summed E-state index contributed by atoms with van der Waals surface area (Å²) in [5, 5.41) is 3.04. The fourth-order valence-electron chi connectivity index (χ4n) is 4.06. The van der Waals surface area contributed by atoms with Crippen LogP contribution < -0.4 is 5.32 Å². The minimum atomic E-state index is -3.60. The molecule has 32 heavy (non-hydrogen) atoms. The number of carbonyl (C=O) groups excluding carboxylic acids is 1. The predicted octanol–water partition coefficient (Wildman–Crippen LogP) is 3.28. The summed E-state index contributed by atoms with van der Waals surface area (Å²) in [7, 11) is -3.60. The smallest absolute Gasteiger partial charge is 0.243 e. The van der Waals surface area contributed by atoms with Crippen molar-refractivity contribution in [3.8, 4) is 0 Å². The first kappa shape index (κ1) is 22.9. The van der Waals surface area contributed by atoms with E-state index in [-0.39, 0.29) is 22.7 Å². The van der Waals surface area contributed by atoms with Crippen LogP contribution in [-0.4, -0.2) is 55.8 Å². The van der Waals surface area contributed by atoms with Crippen LogP contribution in [0.3, 0.4) is 0 Å². The normalized spacial score (nSPS) is 19.1. The van der Waals surface area contributed by atoms with E-state index in [2.05, 4.69) is 19.2 Å². The number of amides is 1. The second-order valence-corrected chi connectivity index (χ2v) is 10.8. The Hall–Kier alpha value is -2.29. The highest BCUT2D eigenvalue weighted by Crippen LogP contribution is 2.28. The lowest BCUT2D eigenvalue weighted by Gasteiger charge is -2.38. The molecule has 0 spiro atoms. The maximum atomic E-state index is 13.4. The number of benzene rings is 2. The summed E-state index contributed by atoms with van der Waals surface area (Å²) in [5.41, 5.74) is 1.81. The second kappa shape index (κ2) is 9.29. The first-order valence-corrected chi connectivity index (χ1v) is 12.6. The van der Waals surface area contributed by atoms with Crippen LogP contribution >= 0.6 is 0 Å². The van der Waals surface area contributed by atoms with Crippen molar-refractivity contribution < 1.29 is 17.6 Å². The van der Waals surface area contributed by atoms with Crippen molar-refractivity contribution >= 4 is 15.9 Å². The van der Waals surface area contributed by atoms with Crippen molar-refractivity contribution in [2.45, 2.75) is 49.6 Å². The van der Waals surface area contributed by atoms with E-state index in [9.17, 15) is 17.6 Å². The first-order chi connectivity index (χ1) is 15.3. The number of nitrogens with one attached hydrogen (secondary N) is 1. The summed E-state index contributed by atoms with van der Waals surface area (Å²) >= 11 is 0. The molecule has 6 nitrogen and oxygen atoms in total. The molecule has 0 unspecified atom stereocenters. The van der Waals surface area contributed by atoms with Crippen molar-refractivity contribution in [2.75, 3.05) is 26.2 Å². The van der Waals surface area contributed by atoms with Gasteiger partial charge in [-0.25, -0.2) is 12.8 Å². The average molecular weight is 460 g/mol. The van der Waals surface area contributed by atoms with Crippen LogP contribution in [0.1, 0.15) is 49.8 Å². The zero-order valence-corrected chi connectivity index (χ0v) is 19.3. The molecule has 1 aliphatic carbocycles. The van der Waals surface area contributed by atoms with E-state index >= 15 is 0 Å². The summed E-state index contributed by atoms with van der Waals surface area (Å²) in [6, 6.07) is 12.7. The summed E-state index contributed by atoms with van der Waals surface area (Å²) in [6.07, 6.45) is 1.95. The molecule has 1 saturated heterocycles. The van der Waals surface area contributed by atoms with Gasteiger partial charge in [0.1, 0.15) is 11.9 Å². The van der Waals surface area contributed by atoms with E-state index in [0.29, 0.717) is 37.7 Å². The third kappa shape index (κ3) is 5.03. The molecule has 172 valence electrons. The minimum Gasteiger partial charge on any atom is -0.352 e. The molecule has 2 aromatic carbocycles. The number of hydrogen-bond acceptors (Lipinski definition) is 4. The van der Waals surface area contributed by atoms with Crippen molar-refractivity contribution in [2.24, 2.45) is 0 Å². The summed E-state index contributed by atoms with van der Waals surface area (Å²) in [5.74, 6) is -0.130. The molecule has 1 N–H and O–H groups in total. The molecule has 1 atom stereocenters. The Morgan fingerprint density at radius 3 is 2.03 bits per heavy atom. The SMILES string of the molecule is CC(C)c1ccc(S(=O)(=O)N2CCN([C@H](C(=O)NC3CC3)c3ccc(F)cc3)CC2)cc1. The molecule has 2 aliphatic rings. The zero-order valence-electron chi connectivity index (χ0n) is 18.5. The molecule has 0 radical (unpaired) electrons. The number of nitrogens with zero attached hydrogens (tertiary/aromatic N) is 2. The molecule has 0 aromatic heterocycles. The molecule has 0 bridgehead atoms. The molecular formula is C24H30FN3O3S. The fraction of sp³-hybridized carbons (Fsp3) is 0.458. The topological polar surface area (TPSA) is 69.7 Å². The quantitative estimate of drug-likeness (QED) is 0.690. The second-order valence-electron chi connectivity index (χ2n) is 8.90. The van der Waals surface area contributed by atoms with E-state index in [0.717, 1.165) is 18.4 Å². The molecule has 2 aromatic rings. The Balaban J connectivity index is 1.48. The van der Waals surface area contributed by atoms with E-state index in [1.165, 1.54) is 16.4 Å². The monoisotopic (exact) mass is 459 g/mol. The number of piperazine rings is 1. The van der Waals surface area contributed by atoms with Crippen molar-refractivity contribution in [3.05, 3.63) is 65.5 Å². The van der Waals surface area contributed by atoms with Crippen LogP contribution in [-0.2, 0) is 14.8 Å². The predicted molar refractivity (Wildman–Crippen MR) is 121 cm³/mol. The lowest BCUT2D eigenvalue weighted by atomic mass is 10.0. The third-order valence-electron chi connectivity index (χ3n) is 6.18. The Morgan fingerprint density at radius 2 is 1.50 bits per heavy atom. The van der Waals surface area contributed by atoms with E-state index in [4.69, 9.17) is 0 Å². The molecular weight excluding hydrogens is 429 g/mol. The van der Waals surface area contributed by atoms with Gasteiger partial charge >= 0.3 is 0 Å². The van der Waals surface area contributed by atoms with Gasteiger partial charge in [0.05, 0.1) is 4.90 Å². The van der Waals surface area contributed by atoms with Crippen LogP contribution in [0.5, 0.6) is 0 Å². The van der Waals surface area contributed by atoms with E-state index < -0.39 is 16.1 Å². The van der Waals surface area contributed by atoms with Gasteiger partial charge in [-0.3, -0.25) is 9.69 Å². The van der Waals surface area contributed by atoms with Gasteiger partial charge in [-0.05, 0) is 54.2 Å². The van der Waals surface area contributed by atoms with Crippen LogP contribution in [0, 0.1) is 5.82 Å². The fourth-order valence-corrected chi connectivity index (χ4v) is 5.48. The molecule has 2 fully saturated rings. The van der Waals surface area contributed by atoms with Crippen LogP contribution in [0.15, 0.2) is 53.4 Å². The molecule has 8 heteroatoms. The minimum absolute atomic E-state index is 0.111. The molecule has 1 aliphatic heterocycles. The largest absolute Gasteiger partial charge is 0.352 e. The Morgan fingerprint density at radius 1 is 0.938 bits per heavy atom. The van der Waals surface area contributed by atoms with Crippen molar-refractivity contribution in [1.82, 2.24) is 14.5 Å². The molecule has 1 saturated carbocycles. The van der Waals surface area contributed by atoms with Gasteiger partial charge in [0, 0.05) is 32.2 Å². The van der Waals surface area contributed by atoms with E-state index in [1.807, 2.05) is 17.0 Å². The number of hydrogen-bond donors (Lipinski definition) is 1. The number of carbonyl (C=O) groups is 1. The lowest BCUT2D eigenvalue weighted by molar-refractivity contribution is -0.127. The van der Waals surface area contributed by atoms with Crippen LogP contribution in [0.4, 0.5) is 4.39 Å². The average Bonchev–Trinajstić information content (AvgIpc) is 3.59. The summed E-state index contributed by atoms with van der Waals surface area (Å²) in [4.78, 5) is 15.3. The zero-order chi connectivity index (χ0) is 22.9. The Kier molecular flexibility index (Phi) is 6.65. The first-order valence-electron chi connectivity index (χ1n) is 11.2. The molecule has 1 amide bonds. The van der Waals surface area contributed by atoms with Crippen LogP contribution in [0.2, 0.25) is 0 Å². The van der Waals surface area contributed by atoms with Gasteiger partial charge in [-0.1, -0.05) is 38.1 Å². The van der Waals surface area contributed by atoms with Gasteiger partial charge in [0.15, 0.2) is 0 Å². The number of rotatable bonds is 7. The van der Waals surface area contributed by atoms with Crippen LogP contribution in [0.25, 0.3) is 0 Å². The van der Waals surface area contributed by atoms with Crippen molar-refractivity contribution in [1.29, 1.82) is 0 Å². The third-order valence-corrected chi connectivity index (χ3v) is 8.09. The highest BCUT2D eigenvalue weighted by Gasteiger charge is 2.36. The maximum Gasteiger partial charge on any atom is 0.243 e. The molecule has 1 heterocycles. The number of sulfonamides is 1. The Bertz CT molecular complexity index is 1040. The van der Waals surface area contributed by atoms with Gasteiger partial charge < -0.3 is 5.32 Å². The molecule has 4 rings (SSSR count). The standard InChI is InChI=1S/C24H30FN3O3S/c1-17(2)18-5-11-22(12-6-18)32(30,31)28-15-13-27(14-16-28)23(24(29)26-21-9-10-21)19-3-7-20(25)8-4-19/h3-8,11-12,17,21,23H,9-10,13-16H2,1-2H3,(H,26,29)/t23-/m0/s1. The maximum absolute atomic E-state index is 13.4. The summed E-state index contributed by atoms with van der Waals surface area (Å²) in [6.45, 7) is 5.57.